The van der Waals surface area contributed by atoms with Crippen molar-refractivity contribution in [2.75, 3.05) is 0 Å². The van der Waals surface area contributed by atoms with E-state index >= 15 is 0 Å². The molecule has 2 amide bonds. The van der Waals surface area contributed by atoms with Gasteiger partial charge >= 0.3 is 6.03 Å². The summed E-state index contributed by atoms with van der Waals surface area (Å²) in [5, 5.41) is 5.07. The first-order chi connectivity index (χ1) is 4.49. The van der Waals surface area contributed by atoms with Crippen molar-refractivity contribution in [2.45, 2.75) is 3.36 Å². The van der Waals surface area contributed by atoms with Crippen LogP contribution in [-0.4, -0.2) is 9.39 Å². The van der Waals surface area contributed by atoms with E-state index < -0.39 is 3.36 Å². The molecule has 0 atom stereocenters. The van der Waals surface area contributed by atoms with Crippen molar-refractivity contribution in [1.82, 2.24) is 10.6 Å². The van der Waals surface area contributed by atoms with Crippen LogP contribution in [0.2, 0.25) is 0 Å². The summed E-state index contributed by atoms with van der Waals surface area (Å²) in [6.45, 7) is 0. The highest BCUT2D eigenvalue weighted by Gasteiger charge is 2.26. The average molecular weight is 335 g/mol. The molecule has 0 unspecified atom stereocenters. The minimum Gasteiger partial charge on any atom is -0.310 e. The number of carbonyl (C=O) groups excluding carboxylic acids is 1. The molecule has 1 aliphatic rings. The zero-order chi connectivity index (χ0) is 7.78. The van der Waals surface area contributed by atoms with Crippen LogP contribution in [0, 0.1) is 0 Å². The lowest BCUT2D eigenvalue weighted by molar-refractivity contribution is 0.242. The predicted octanol–water partition coefficient (Wildman–Crippen LogP) is 1.98. The van der Waals surface area contributed by atoms with Crippen molar-refractivity contribution < 1.29 is 4.79 Å². The van der Waals surface area contributed by atoms with Crippen molar-refractivity contribution in [3.8, 4) is 0 Å². The maximum absolute atomic E-state index is 10.7. The van der Waals surface area contributed by atoms with Crippen molar-refractivity contribution in [3.05, 3.63) is 10.7 Å². The third-order valence-corrected chi connectivity index (χ3v) is 2.10. The highest BCUT2D eigenvalue weighted by atomic mass is 79.9. The van der Waals surface area contributed by atoms with Gasteiger partial charge in [0.1, 0.15) is 0 Å². The van der Waals surface area contributed by atoms with Crippen LogP contribution in [-0.2, 0) is 0 Å². The Morgan fingerprint density at radius 2 is 2.10 bits per heavy atom. The Hall–Kier alpha value is 0.450. The second-order valence-electron chi connectivity index (χ2n) is 1.69. The fraction of sp³-hybridized carbons (Fsp3) is 0.250. The van der Waals surface area contributed by atoms with Crippen LogP contribution in [0.3, 0.4) is 0 Å². The van der Waals surface area contributed by atoms with Crippen molar-refractivity contribution in [3.63, 3.8) is 0 Å². The number of hydrogen-bond acceptors (Lipinski definition) is 1. The van der Waals surface area contributed by atoms with Gasteiger partial charge in [0.25, 0.3) is 0 Å². The lowest BCUT2D eigenvalue weighted by atomic mass is 10.5. The lowest BCUT2D eigenvalue weighted by Gasteiger charge is -2.23. The van der Waals surface area contributed by atoms with E-state index in [9.17, 15) is 4.79 Å². The number of alkyl halides is 2. The van der Waals surface area contributed by atoms with Crippen LogP contribution >= 0.6 is 47.8 Å². The maximum Gasteiger partial charge on any atom is 0.321 e. The number of hydrogen-bond donors (Lipinski definition) is 2. The molecule has 0 bridgehead atoms. The molecule has 56 valence electrons. The van der Waals surface area contributed by atoms with Gasteiger partial charge in [-0.2, -0.15) is 0 Å². The summed E-state index contributed by atoms with van der Waals surface area (Å²) >= 11 is 9.56. The Morgan fingerprint density at radius 3 is 2.50 bits per heavy atom. The van der Waals surface area contributed by atoms with E-state index in [-0.39, 0.29) is 6.03 Å². The molecule has 0 fully saturated rings. The SMILES string of the molecule is O=C1NC(Br)=CC(Br)(Br)N1. The molecule has 0 aromatic carbocycles. The molecular weight excluding hydrogens is 332 g/mol. The van der Waals surface area contributed by atoms with Crippen LogP contribution in [0.1, 0.15) is 0 Å². The molecule has 0 aromatic heterocycles. The van der Waals surface area contributed by atoms with Gasteiger partial charge in [-0.05, 0) is 53.9 Å². The van der Waals surface area contributed by atoms with Crippen LogP contribution in [0.15, 0.2) is 10.7 Å². The second kappa shape index (κ2) is 2.83. The van der Waals surface area contributed by atoms with E-state index in [1.54, 1.807) is 6.08 Å². The van der Waals surface area contributed by atoms with Gasteiger partial charge in [0.2, 0.25) is 0 Å². The topological polar surface area (TPSA) is 41.1 Å². The summed E-state index contributed by atoms with van der Waals surface area (Å²) in [6.07, 6.45) is 1.73. The predicted molar refractivity (Wildman–Crippen MR) is 49.3 cm³/mol. The van der Waals surface area contributed by atoms with Crippen LogP contribution in [0.25, 0.3) is 0 Å². The monoisotopic (exact) mass is 332 g/mol. The molecule has 1 aliphatic heterocycles. The lowest BCUT2D eigenvalue weighted by Crippen LogP contribution is -2.47. The van der Waals surface area contributed by atoms with E-state index in [1.807, 2.05) is 0 Å². The van der Waals surface area contributed by atoms with Crippen LogP contribution < -0.4 is 10.6 Å². The standard InChI is InChI=1S/C4H3Br3N2O/c5-2-1-4(6,7)9-3(10)8-2/h1H,(H2,8,9,10). The molecular formula is C4H3Br3N2O. The Morgan fingerprint density at radius 1 is 1.50 bits per heavy atom. The zero-order valence-corrected chi connectivity index (χ0v) is 9.38. The quantitative estimate of drug-likeness (QED) is 0.516. The van der Waals surface area contributed by atoms with Gasteiger partial charge in [0.05, 0.1) is 4.61 Å². The van der Waals surface area contributed by atoms with Crippen molar-refractivity contribution >= 4 is 53.8 Å². The van der Waals surface area contributed by atoms with E-state index in [2.05, 4.69) is 58.4 Å². The first-order valence-electron chi connectivity index (χ1n) is 2.35. The van der Waals surface area contributed by atoms with Crippen molar-refractivity contribution in [1.29, 1.82) is 0 Å². The number of urea groups is 1. The van der Waals surface area contributed by atoms with Gasteiger partial charge < -0.3 is 10.6 Å². The minimum atomic E-state index is -0.624. The highest BCUT2D eigenvalue weighted by Crippen LogP contribution is 2.28. The Labute approximate surface area is 83.0 Å². The van der Waals surface area contributed by atoms with E-state index in [0.29, 0.717) is 4.61 Å². The molecule has 0 saturated heterocycles. The Balaban J connectivity index is 2.83. The molecule has 0 spiro atoms. The minimum absolute atomic E-state index is 0.261. The summed E-state index contributed by atoms with van der Waals surface area (Å²) < 4.78 is 0.00579. The number of amides is 2. The van der Waals surface area contributed by atoms with Gasteiger partial charge in [0.15, 0.2) is 3.36 Å². The average Bonchev–Trinajstić information content (AvgIpc) is 1.54. The summed E-state index contributed by atoms with van der Waals surface area (Å²) in [5.74, 6) is 0. The number of carbonyl (C=O) groups is 1. The fourth-order valence-electron chi connectivity index (χ4n) is 0.522. The molecule has 0 aromatic rings. The maximum atomic E-state index is 10.7. The largest absolute Gasteiger partial charge is 0.321 e. The van der Waals surface area contributed by atoms with Crippen LogP contribution in [0.5, 0.6) is 0 Å². The highest BCUT2D eigenvalue weighted by molar-refractivity contribution is 9.25. The third kappa shape index (κ3) is 2.25. The molecule has 0 radical (unpaired) electrons. The second-order valence-corrected chi connectivity index (χ2v) is 6.11. The smallest absolute Gasteiger partial charge is 0.310 e. The summed E-state index contributed by atoms with van der Waals surface area (Å²) in [7, 11) is 0. The zero-order valence-electron chi connectivity index (χ0n) is 4.62. The number of nitrogens with one attached hydrogen (secondary N) is 2. The molecule has 1 rings (SSSR count). The third-order valence-electron chi connectivity index (χ3n) is 0.821. The Bertz CT molecular complexity index is 201. The first-order valence-corrected chi connectivity index (χ1v) is 4.73. The molecule has 3 nitrogen and oxygen atoms in total. The normalized spacial score (nSPS) is 22.7. The van der Waals surface area contributed by atoms with Gasteiger partial charge in [-0.3, -0.25) is 0 Å². The van der Waals surface area contributed by atoms with Gasteiger partial charge in [-0.25, -0.2) is 4.79 Å². The fourth-order valence-corrected chi connectivity index (χ4v) is 2.48. The molecule has 10 heavy (non-hydrogen) atoms. The van der Waals surface area contributed by atoms with E-state index in [4.69, 9.17) is 0 Å². The first kappa shape index (κ1) is 8.55. The number of rotatable bonds is 0. The molecule has 0 saturated carbocycles. The summed E-state index contributed by atoms with van der Waals surface area (Å²) in [6, 6.07) is -0.261. The van der Waals surface area contributed by atoms with Gasteiger partial charge in [0, 0.05) is 0 Å². The Kier molecular flexibility index (Phi) is 2.42. The van der Waals surface area contributed by atoms with Gasteiger partial charge in [-0.15, -0.1) is 0 Å². The molecule has 2 N–H and O–H groups in total. The van der Waals surface area contributed by atoms with Crippen molar-refractivity contribution in [2.24, 2.45) is 0 Å². The molecule has 0 aliphatic carbocycles. The molecule has 6 heteroatoms. The molecule has 1 heterocycles. The summed E-state index contributed by atoms with van der Waals surface area (Å²) in [4.78, 5) is 10.7. The van der Waals surface area contributed by atoms with Gasteiger partial charge in [-0.1, -0.05) is 0 Å². The number of halogens is 3. The van der Waals surface area contributed by atoms with E-state index in [0.717, 1.165) is 0 Å². The van der Waals surface area contributed by atoms with Crippen LogP contribution in [0.4, 0.5) is 4.79 Å². The van der Waals surface area contributed by atoms with E-state index in [1.165, 1.54) is 0 Å². The summed E-state index contributed by atoms with van der Waals surface area (Å²) in [5.41, 5.74) is 0.